The second kappa shape index (κ2) is 4.97. The van der Waals surface area contributed by atoms with Crippen molar-refractivity contribution in [2.24, 2.45) is 0 Å². The van der Waals surface area contributed by atoms with Crippen LogP contribution < -0.4 is 4.43 Å². The van der Waals surface area contributed by atoms with Gasteiger partial charge in [0.1, 0.15) is 5.75 Å². The van der Waals surface area contributed by atoms with Gasteiger partial charge in [-0.1, -0.05) is 69.3 Å². The third kappa shape index (κ3) is 2.21. The van der Waals surface area contributed by atoms with Gasteiger partial charge in [0.05, 0.1) is 0 Å². The molecule has 0 saturated heterocycles. The summed E-state index contributed by atoms with van der Waals surface area (Å²) in [6, 6.07) is 19.8. The molecule has 0 saturated carbocycles. The molecule has 0 N–H and O–H groups in total. The average molecular weight is 333 g/mol. The van der Waals surface area contributed by atoms with Crippen molar-refractivity contribution in [3.8, 4) is 5.75 Å². The van der Waals surface area contributed by atoms with Gasteiger partial charge in [0.2, 0.25) is 0 Å². The van der Waals surface area contributed by atoms with Crippen LogP contribution in [0.2, 0.25) is 18.1 Å². The molecule has 4 rings (SSSR count). The largest absolute Gasteiger partial charge is 0.543 e. The topological polar surface area (TPSA) is 9.23 Å². The number of hydrogen-bond acceptors (Lipinski definition) is 1. The summed E-state index contributed by atoms with van der Waals surface area (Å²) in [6.07, 6.45) is 0. The first kappa shape index (κ1) is 15.5. The van der Waals surface area contributed by atoms with Crippen LogP contribution in [0.15, 0.2) is 54.6 Å². The summed E-state index contributed by atoms with van der Waals surface area (Å²) in [4.78, 5) is 0. The second-order valence-corrected chi connectivity index (χ2v) is 13.0. The van der Waals surface area contributed by atoms with Crippen molar-refractivity contribution in [3.63, 3.8) is 0 Å². The monoisotopic (exact) mass is 332 g/mol. The van der Waals surface area contributed by atoms with Crippen LogP contribution in [0.1, 0.15) is 20.8 Å². The van der Waals surface area contributed by atoms with Gasteiger partial charge in [-0.2, -0.15) is 0 Å². The Labute approximate surface area is 144 Å². The molecule has 0 bridgehead atoms. The van der Waals surface area contributed by atoms with Crippen molar-refractivity contribution in [2.75, 3.05) is 0 Å². The molecule has 0 aliphatic rings. The Morgan fingerprint density at radius 3 is 1.88 bits per heavy atom. The molecule has 4 aromatic carbocycles. The summed E-state index contributed by atoms with van der Waals surface area (Å²) in [5, 5.41) is 8.01. The molecule has 0 amide bonds. The number of benzene rings is 4. The number of hydrogen-bond donors (Lipinski definition) is 0. The number of rotatable bonds is 2. The fraction of sp³-hybridized carbons (Fsp3) is 0.273. The average Bonchev–Trinajstić information content (AvgIpc) is 2.52. The van der Waals surface area contributed by atoms with Crippen LogP contribution in [0.5, 0.6) is 5.75 Å². The first-order valence-electron chi connectivity index (χ1n) is 8.63. The van der Waals surface area contributed by atoms with E-state index in [1.807, 2.05) is 0 Å². The molecule has 0 spiro atoms. The van der Waals surface area contributed by atoms with Crippen molar-refractivity contribution in [1.82, 2.24) is 0 Å². The minimum absolute atomic E-state index is 0.191. The lowest BCUT2D eigenvalue weighted by Gasteiger charge is -2.37. The van der Waals surface area contributed by atoms with Gasteiger partial charge < -0.3 is 4.43 Å². The Morgan fingerprint density at radius 2 is 1.25 bits per heavy atom. The van der Waals surface area contributed by atoms with E-state index in [0.29, 0.717) is 0 Å². The lowest BCUT2D eigenvalue weighted by molar-refractivity contribution is 0.496. The summed E-state index contributed by atoms with van der Waals surface area (Å²) in [6.45, 7) is 11.5. The fourth-order valence-electron chi connectivity index (χ4n) is 3.23. The Bertz CT molecular complexity index is 1020. The molecular weight excluding hydrogens is 308 g/mol. The van der Waals surface area contributed by atoms with Crippen LogP contribution in [0.25, 0.3) is 32.3 Å². The van der Waals surface area contributed by atoms with Gasteiger partial charge in [-0.3, -0.25) is 0 Å². The van der Waals surface area contributed by atoms with Gasteiger partial charge in [0.25, 0.3) is 8.32 Å². The normalized spacial score (nSPS) is 13.2. The van der Waals surface area contributed by atoms with Crippen LogP contribution in [0, 0.1) is 0 Å². The first-order chi connectivity index (χ1) is 11.3. The zero-order valence-corrected chi connectivity index (χ0v) is 16.1. The predicted molar refractivity (Wildman–Crippen MR) is 108 cm³/mol. The molecule has 0 radical (unpaired) electrons. The van der Waals surface area contributed by atoms with Crippen molar-refractivity contribution in [1.29, 1.82) is 0 Å². The van der Waals surface area contributed by atoms with E-state index in [1.165, 1.54) is 32.3 Å². The summed E-state index contributed by atoms with van der Waals surface area (Å²) in [5.41, 5.74) is 0. The summed E-state index contributed by atoms with van der Waals surface area (Å²) in [7, 11) is -1.86. The van der Waals surface area contributed by atoms with Crippen LogP contribution >= 0.6 is 0 Å². The van der Waals surface area contributed by atoms with Gasteiger partial charge in [0.15, 0.2) is 0 Å². The highest BCUT2D eigenvalue weighted by molar-refractivity contribution is 6.74. The van der Waals surface area contributed by atoms with E-state index in [4.69, 9.17) is 4.43 Å². The van der Waals surface area contributed by atoms with Gasteiger partial charge in [-0.25, -0.2) is 0 Å². The maximum atomic E-state index is 6.66. The fourth-order valence-corrected chi connectivity index (χ4v) is 4.26. The van der Waals surface area contributed by atoms with E-state index in [9.17, 15) is 0 Å². The quantitative estimate of drug-likeness (QED) is 0.284. The van der Waals surface area contributed by atoms with Crippen molar-refractivity contribution in [2.45, 2.75) is 38.9 Å². The first-order valence-corrected chi connectivity index (χ1v) is 11.5. The molecule has 0 heterocycles. The van der Waals surface area contributed by atoms with Crippen molar-refractivity contribution < 1.29 is 4.43 Å². The highest BCUT2D eigenvalue weighted by Crippen LogP contribution is 2.42. The summed E-state index contributed by atoms with van der Waals surface area (Å²) in [5.74, 6) is 1.03. The highest BCUT2D eigenvalue weighted by atomic mass is 28.4. The lowest BCUT2D eigenvalue weighted by atomic mass is 9.94. The third-order valence-corrected chi connectivity index (χ3v) is 10.0. The molecule has 1 nitrogen and oxygen atoms in total. The molecule has 0 aliphatic carbocycles. The van der Waals surface area contributed by atoms with Gasteiger partial charge in [-0.05, 0) is 45.7 Å². The zero-order chi connectivity index (χ0) is 17.1. The Hall–Kier alpha value is -2.06. The van der Waals surface area contributed by atoms with Gasteiger partial charge in [-0.15, -0.1) is 0 Å². The molecule has 0 aromatic heterocycles. The van der Waals surface area contributed by atoms with E-state index in [2.05, 4.69) is 88.5 Å². The van der Waals surface area contributed by atoms with Crippen molar-refractivity contribution in [3.05, 3.63) is 54.6 Å². The zero-order valence-electron chi connectivity index (χ0n) is 15.1. The van der Waals surface area contributed by atoms with Gasteiger partial charge in [0, 0.05) is 10.8 Å². The van der Waals surface area contributed by atoms with E-state index >= 15 is 0 Å². The molecule has 4 aromatic rings. The third-order valence-electron chi connectivity index (χ3n) is 5.66. The smallest absolute Gasteiger partial charge is 0.250 e. The Morgan fingerprint density at radius 1 is 0.708 bits per heavy atom. The molecule has 0 aliphatic heterocycles. The van der Waals surface area contributed by atoms with Gasteiger partial charge >= 0.3 is 0 Å². The standard InChI is InChI=1S/C22H24OSi/c1-22(2,3)24(4,5)23-19-14-12-17-10-9-15-7-6-8-16-11-13-18(19)21(17)20(15)16/h6-14H,1-5H3. The Kier molecular flexibility index (Phi) is 3.20. The highest BCUT2D eigenvalue weighted by Gasteiger charge is 2.39. The predicted octanol–water partition coefficient (Wildman–Crippen LogP) is 6.97. The van der Waals surface area contributed by atoms with E-state index in [1.54, 1.807) is 0 Å². The molecule has 2 heteroatoms. The molecule has 0 fully saturated rings. The van der Waals surface area contributed by atoms with Crippen LogP contribution in [0.3, 0.4) is 0 Å². The maximum Gasteiger partial charge on any atom is 0.250 e. The van der Waals surface area contributed by atoms with Crippen LogP contribution in [-0.2, 0) is 0 Å². The van der Waals surface area contributed by atoms with E-state index < -0.39 is 8.32 Å². The molecule has 122 valence electrons. The SMILES string of the molecule is CC(C)(C)[Si](C)(C)Oc1ccc2ccc3cccc4ccc1c2c34. The van der Waals surface area contributed by atoms with Crippen LogP contribution in [0.4, 0.5) is 0 Å². The molecule has 0 unspecified atom stereocenters. The Balaban J connectivity index is 2.01. The molecule has 24 heavy (non-hydrogen) atoms. The molecule has 0 atom stereocenters. The summed E-state index contributed by atoms with van der Waals surface area (Å²) >= 11 is 0. The summed E-state index contributed by atoms with van der Waals surface area (Å²) < 4.78 is 6.66. The van der Waals surface area contributed by atoms with Crippen LogP contribution in [-0.4, -0.2) is 8.32 Å². The minimum Gasteiger partial charge on any atom is -0.543 e. The maximum absolute atomic E-state index is 6.66. The lowest BCUT2D eigenvalue weighted by Crippen LogP contribution is -2.43. The van der Waals surface area contributed by atoms with Crippen molar-refractivity contribution >= 4 is 40.6 Å². The van der Waals surface area contributed by atoms with E-state index in [0.717, 1.165) is 5.75 Å². The second-order valence-electron chi connectivity index (χ2n) is 8.28. The minimum atomic E-state index is -1.86. The molecular formula is C22H24OSi. The van der Waals surface area contributed by atoms with E-state index in [-0.39, 0.29) is 5.04 Å².